The van der Waals surface area contributed by atoms with Crippen LogP contribution in [-0.4, -0.2) is 30.5 Å². The fourth-order valence-electron chi connectivity index (χ4n) is 0.711. The minimum absolute atomic E-state index is 0.0275. The molecule has 1 unspecified atom stereocenters. The predicted molar refractivity (Wildman–Crippen MR) is 56.7 cm³/mol. The second-order valence-corrected chi connectivity index (χ2v) is 3.50. The van der Waals surface area contributed by atoms with Gasteiger partial charge < -0.3 is 9.47 Å². The van der Waals surface area contributed by atoms with E-state index in [1.165, 1.54) is 0 Å². The van der Waals surface area contributed by atoms with Gasteiger partial charge in [-0.25, -0.2) is 4.79 Å². The molecule has 0 bridgehead atoms. The van der Waals surface area contributed by atoms with Gasteiger partial charge in [0.05, 0.1) is 6.42 Å². The van der Waals surface area contributed by atoms with Crippen molar-refractivity contribution in [3.8, 4) is 0 Å². The number of carbonyl (C=O) groups is 2. The molecular formula is C10H15ClO4. The van der Waals surface area contributed by atoms with Crippen molar-refractivity contribution in [3.63, 3.8) is 0 Å². The molecule has 4 nitrogen and oxygen atoms in total. The summed E-state index contributed by atoms with van der Waals surface area (Å²) in [4.78, 5) is 21.9. The van der Waals surface area contributed by atoms with E-state index in [2.05, 4.69) is 6.58 Å². The van der Waals surface area contributed by atoms with Crippen LogP contribution >= 0.6 is 11.6 Å². The third-order valence-corrected chi connectivity index (χ3v) is 1.62. The molecular weight excluding hydrogens is 220 g/mol. The highest BCUT2D eigenvalue weighted by Crippen LogP contribution is 1.99. The summed E-state index contributed by atoms with van der Waals surface area (Å²) in [6, 6.07) is 0. The van der Waals surface area contributed by atoms with Gasteiger partial charge in [-0.05, 0) is 13.8 Å². The van der Waals surface area contributed by atoms with E-state index in [1.54, 1.807) is 13.8 Å². The van der Waals surface area contributed by atoms with Crippen LogP contribution in [-0.2, 0) is 19.1 Å². The zero-order valence-electron chi connectivity index (χ0n) is 8.92. The summed E-state index contributed by atoms with van der Waals surface area (Å²) in [5.41, 5.74) is 0.314. The first-order valence-electron chi connectivity index (χ1n) is 4.55. The lowest BCUT2D eigenvalue weighted by Gasteiger charge is -2.12. The summed E-state index contributed by atoms with van der Waals surface area (Å²) >= 11 is 5.35. The molecule has 5 heteroatoms. The Balaban J connectivity index is 3.75. The normalized spacial score (nSPS) is 11.7. The average molecular weight is 235 g/mol. The molecule has 0 heterocycles. The second-order valence-electron chi connectivity index (χ2n) is 3.12. The summed E-state index contributed by atoms with van der Waals surface area (Å²) in [6.45, 7) is 6.64. The van der Waals surface area contributed by atoms with Crippen molar-refractivity contribution in [2.45, 2.75) is 26.4 Å². The van der Waals surface area contributed by atoms with Crippen molar-refractivity contribution in [1.29, 1.82) is 0 Å². The van der Waals surface area contributed by atoms with Crippen LogP contribution in [0, 0.1) is 0 Å². The number of ether oxygens (including phenoxy) is 2. The van der Waals surface area contributed by atoms with E-state index in [0.29, 0.717) is 5.57 Å². The van der Waals surface area contributed by atoms with Gasteiger partial charge in [0.25, 0.3) is 0 Å². The maximum atomic E-state index is 11.0. The van der Waals surface area contributed by atoms with E-state index in [1.807, 2.05) is 0 Å². The fourth-order valence-corrected chi connectivity index (χ4v) is 0.865. The molecule has 0 fully saturated rings. The van der Waals surface area contributed by atoms with Gasteiger partial charge >= 0.3 is 11.9 Å². The molecule has 0 rings (SSSR count). The van der Waals surface area contributed by atoms with Crippen molar-refractivity contribution >= 4 is 23.5 Å². The molecule has 0 aromatic rings. The van der Waals surface area contributed by atoms with Gasteiger partial charge in [0.1, 0.15) is 12.7 Å². The number of carbonyl (C=O) groups excluding carboxylic acids is 2. The minimum atomic E-state index is -0.491. The van der Waals surface area contributed by atoms with Crippen molar-refractivity contribution < 1.29 is 19.1 Å². The van der Waals surface area contributed by atoms with Gasteiger partial charge in [0, 0.05) is 11.5 Å². The third-order valence-electron chi connectivity index (χ3n) is 1.43. The zero-order chi connectivity index (χ0) is 11.8. The first-order chi connectivity index (χ1) is 6.97. The van der Waals surface area contributed by atoms with Crippen LogP contribution in [0.3, 0.4) is 0 Å². The lowest BCUT2D eigenvalue weighted by Crippen LogP contribution is -2.22. The van der Waals surface area contributed by atoms with Crippen LogP contribution in [0.15, 0.2) is 12.2 Å². The van der Waals surface area contributed by atoms with E-state index in [0.717, 1.165) is 0 Å². The molecule has 15 heavy (non-hydrogen) atoms. The molecule has 0 aromatic carbocycles. The molecule has 1 atom stereocenters. The number of hydrogen-bond donors (Lipinski definition) is 0. The van der Waals surface area contributed by atoms with Crippen LogP contribution in [0.25, 0.3) is 0 Å². The van der Waals surface area contributed by atoms with Gasteiger partial charge in [0.2, 0.25) is 0 Å². The highest BCUT2D eigenvalue weighted by Gasteiger charge is 2.11. The van der Waals surface area contributed by atoms with Crippen LogP contribution in [0.1, 0.15) is 20.3 Å². The molecule has 0 aliphatic heterocycles. The molecule has 86 valence electrons. The standard InChI is InChI=1S/C10H15ClO4/c1-7(2)10(13)14-6-8(3)15-9(12)4-5-11/h8H,1,4-6H2,2-3H3. The minimum Gasteiger partial charge on any atom is -0.459 e. The van der Waals surface area contributed by atoms with Gasteiger partial charge in [0.15, 0.2) is 0 Å². The average Bonchev–Trinajstić information content (AvgIpc) is 2.14. The molecule has 0 aliphatic rings. The smallest absolute Gasteiger partial charge is 0.333 e. The molecule has 0 aromatic heterocycles. The SMILES string of the molecule is C=C(C)C(=O)OCC(C)OC(=O)CCCl. The Labute approximate surface area is 94.2 Å². The van der Waals surface area contributed by atoms with Crippen LogP contribution in [0.4, 0.5) is 0 Å². The highest BCUT2D eigenvalue weighted by atomic mass is 35.5. The fraction of sp³-hybridized carbons (Fsp3) is 0.600. The molecule has 0 N–H and O–H groups in total. The maximum Gasteiger partial charge on any atom is 0.333 e. The van der Waals surface area contributed by atoms with Crippen LogP contribution in [0.2, 0.25) is 0 Å². The lowest BCUT2D eigenvalue weighted by molar-refractivity contribution is -0.155. The Morgan fingerprint density at radius 2 is 2.07 bits per heavy atom. The topological polar surface area (TPSA) is 52.6 Å². The Kier molecular flexibility index (Phi) is 6.79. The first kappa shape index (κ1) is 14.0. The largest absolute Gasteiger partial charge is 0.459 e. The monoisotopic (exact) mass is 234 g/mol. The van der Waals surface area contributed by atoms with Crippen molar-refractivity contribution in [3.05, 3.63) is 12.2 Å². The third kappa shape index (κ3) is 6.96. The van der Waals surface area contributed by atoms with Crippen LogP contribution in [0.5, 0.6) is 0 Å². The Bertz CT molecular complexity index is 250. The van der Waals surface area contributed by atoms with E-state index in [4.69, 9.17) is 21.1 Å². The Hall–Kier alpha value is -1.03. The molecule has 0 radical (unpaired) electrons. The second kappa shape index (κ2) is 7.29. The number of hydrogen-bond acceptors (Lipinski definition) is 4. The molecule has 0 spiro atoms. The van der Waals surface area contributed by atoms with E-state index in [-0.39, 0.29) is 18.9 Å². The van der Waals surface area contributed by atoms with E-state index >= 15 is 0 Å². The lowest BCUT2D eigenvalue weighted by atomic mass is 10.3. The van der Waals surface area contributed by atoms with E-state index in [9.17, 15) is 9.59 Å². The van der Waals surface area contributed by atoms with E-state index < -0.39 is 18.0 Å². The van der Waals surface area contributed by atoms with Crippen molar-refractivity contribution in [2.24, 2.45) is 0 Å². The maximum absolute atomic E-state index is 11.0. The highest BCUT2D eigenvalue weighted by molar-refractivity contribution is 6.18. The van der Waals surface area contributed by atoms with Crippen molar-refractivity contribution in [2.75, 3.05) is 12.5 Å². The summed E-state index contributed by atoms with van der Waals surface area (Å²) in [5, 5.41) is 0. The predicted octanol–water partition coefficient (Wildman–Crippen LogP) is 1.67. The molecule has 0 saturated carbocycles. The van der Waals surface area contributed by atoms with Gasteiger partial charge in [-0.15, -0.1) is 11.6 Å². The number of halogens is 1. The van der Waals surface area contributed by atoms with Gasteiger partial charge in [-0.2, -0.15) is 0 Å². The van der Waals surface area contributed by atoms with Crippen LogP contribution < -0.4 is 0 Å². The number of esters is 2. The molecule has 0 amide bonds. The van der Waals surface area contributed by atoms with Crippen molar-refractivity contribution in [1.82, 2.24) is 0 Å². The molecule has 0 saturated heterocycles. The molecule has 0 aliphatic carbocycles. The summed E-state index contributed by atoms with van der Waals surface area (Å²) in [6.07, 6.45) is -0.315. The Morgan fingerprint density at radius 1 is 1.47 bits per heavy atom. The quantitative estimate of drug-likeness (QED) is 0.399. The van der Waals surface area contributed by atoms with Gasteiger partial charge in [-0.1, -0.05) is 6.58 Å². The summed E-state index contributed by atoms with van der Waals surface area (Å²) in [5.74, 6) is -0.670. The number of alkyl halides is 1. The Morgan fingerprint density at radius 3 is 2.53 bits per heavy atom. The number of rotatable bonds is 6. The first-order valence-corrected chi connectivity index (χ1v) is 5.09. The zero-order valence-corrected chi connectivity index (χ0v) is 9.67. The summed E-state index contributed by atoms with van der Waals surface area (Å²) in [7, 11) is 0. The summed E-state index contributed by atoms with van der Waals surface area (Å²) < 4.78 is 9.69. The van der Waals surface area contributed by atoms with Gasteiger partial charge in [-0.3, -0.25) is 4.79 Å².